The van der Waals surface area contributed by atoms with E-state index in [9.17, 15) is 5.11 Å². The average molecular weight is 344 g/mol. The number of rotatable bonds is 5. The van der Waals surface area contributed by atoms with Gasteiger partial charge in [-0.25, -0.2) is 0 Å². The van der Waals surface area contributed by atoms with Crippen molar-refractivity contribution in [3.8, 4) is 0 Å². The van der Waals surface area contributed by atoms with Crippen LogP contribution >= 0.6 is 11.3 Å². The van der Waals surface area contributed by atoms with E-state index in [1.165, 1.54) is 17.4 Å². The Bertz CT molecular complexity index is 833. The molecule has 2 aliphatic rings. The highest BCUT2D eigenvalue weighted by molar-refractivity contribution is 7.13. The number of thiazole rings is 1. The summed E-state index contributed by atoms with van der Waals surface area (Å²) in [6, 6.07) is 0. The normalized spacial score (nSPS) is 17.8. The molecule has 2 aliphatic heterocycles. The number of aliphatic hydroxyl groups excluding tert-OH is 1. The highest BCUT2D eigenvalue weighted by atomic mass is 32.1. The minimum absolute atomic E-state index is 0.181. The lowest BCUT2D eigenvalue weighted by Crippen LogP contribution is -2.75. The van der Waals surface area contributed by atoms with Crippen LogP contribution in [0.25, 0.3) is 5.57 Å². The van der Waals surface area contributed by atoms with Crippen LogP contribution in [-0.4, -0.2) is 39.8 Å². The van der Waals surface area contributed by atoms with Crippen molar-refractivity contribution in [2.75, 3.05) is 6.54 Å². The van der Waals surface area contributed by atoms with E-state index in [0.717, 1.165) is 33.9 Å². The molecule has 1 aromatic rings. The molecule has 0 aliphatic carbocycles. The Hall–Kier alpha value is -2.62. The summed E-state index contributed by atoms with van der Waals surface area (Å²) in [5, 5.41) is 33.3. The molecular formula is C15H18N7OS+. The number of allylic oxidation sites excluding steroid dienone is 2. The Balaban J connectivity index is 1.88. The van der Waals surface area contributed by atoms with Gasteiger partial charge in [-0.15, -0.1) is 11.3 Å². The van der Waals surface area contributed by atoms with Gasteiger partial charge in [0.2, 0.25) is 5.82 Å². The van der Waals surface area contributed by atoms with Gasteiger partial charge in [-0.2, -0.15) is 10.1 Å². The van der Waals surface area contributed by atoms with Crippen LogP contribution in [0.4, 0.5) is 5.82 Å². The predicted molar refractivity (Wildman–Crippen MR) is 94.4 cm³/mol. The van der Waals surface area contributed by atoms with Gasteiger partial charge in [0.05, 0.1) is 18.3 Å². The number of quaternary nitrogens is 1. The van der Waals surface area contributed by atoms with Gasteiger partial charge >= 0.3 is 0 Å². The van der Waals surface area contributed by atoms with Crippen LogP contribution in [0.3, 0.4) is 0 Å². The standard InChI is InChI=1S/C15H17N7OS/c1-7(17)6-22-8(2)11-9(5-19-22)13-14(20-11)21-15(24-13)12(23)10(18)3-4-16/h3-5,12,16-17,20,23H,2,6,18H2,1H3/p+1. The van der Waals surface area contributed by atoms with Crippen LogP contribution in [0.15, 0.2) is 34.8 Å². The van der Waals surface area contributed by atoms with Crippen molar-refractivity contribution in [1.29, 1.82) is 10.8 Å². The van der Waals surface area contributed by atoms with Crippen LogP contribution in [0.2, 0.25) is 0 Å². The van der Waals surface area contributed by atoms with E-state index in [4.69, 9.17) is 16.6 Å². The van der Waals surface area contributed by atoms with E-state index in [-0.39, 0.29) is 5.70 Å². The quantitative estimate of drug-likeness (QED) is 0.495. The second-order valence-electron chi connectivity index (χ2n) is 5.50. The number of nitrogens with zero attached hydrogens (tertiary/aromatic N) is 3. The molecule has 3 rings (SSSR count). The van der Waals surface area contributed by atoms with Gasteiger partial charge < -0.3 is 21.7 Å². The van der Waals surface area contributed by atoms with Crippen LogP contribution < -0.4 is 11.1 Å². The van der Waals surface area contributed by atoms with E-state index < -0.39 is 6.10 Å². The summed E-state index contributed by atoms with van der Waals surface area (Å²) in [6.45, 7) is 6.19. The third-order valence-corrected chi connectivity index (χ3v) is 4.80. The summed E-state index contributed by atoms with van der Waals surface area (Å²) < 4.78 is 0. The average Bonchev–Trinajstić information content (AvgIpc) is 3.07. The van der Waals surface area contributed by atoms with Crippen molar-refractivity contribution in [3.63, 3.8) is 0 Å². The zero-order valence-electron chi connectivity index (χ0n) is 13.1. The van der Waals surface area contributed by atoms with Crippen molar-refractivity contribution in [1.82, 2.24) is 9.99 Å². The second kappa shape index (κ2) is 6.11. The Labute approximate surface area is 142 Å². The van der Waals surface area contributed by atoms with Gasteiger partial charge in [-0.05, 0) is 13.0 Å². The first-order chi connectivity index (χ1) is 11.4. The van der Waals surface area contributed by atoms with E-state index in [1.54, 1.807) is 18.1 Å². The van der Waals surface area contributed by atoms with Gasteiger partial charge in [0.25, 0.3) is 0 Å². The van der Waals surface area contributed by atoms with E-state index in [2.05, 4.69) is 16.7 Å². The van der Waals surface area contributed by atoms with Crippen LogP contribution in [0, 0.1) is 10.8 Å². The summed E-state index contributed by atoms with van der Waals surface area (Å²) in [5.74, 6) is 0.753. The van der Waals surface area contributed by atoms with Crippen LogP contribution in [-0.2, 0) is 0 Å². The molecule has 0 aromatic carbocycles. The molecule has 1 unspecified atom stereocenters. The molecule has 24 heavy (non-hydrogen) atoms. The van der Waals surface area contributed by atoms with Gasteiger partial charge in [0, 0.05) is 17.6 Å². The Morgan fingerprint density at radius 3 is 3.04 bits per heavy atom. The lowest BCUT2D eigenvalue weighted by Gasteiger charge is -2.23. The van der Waals surface area contributed by atoms with Gasteiger partial charge in [-0.3, -0.25) is 10.3 Å². The van der Waals surface area contributed by atoms with E-state index in [1.807, 2.05) is 5.32 Å². The monoisotopic (exact) mass is 344 g/mol. The third kappa shape index (κ3) is 2.68. The molecule has 0 fully saturated rings. The number of hydrazone groups is 1. The van der Waals surface area contributed by atoms with Crippen molar-refractivity contribution in [3.05, 3.63) is 39.6 Å². The topological polar surface area (TPSA) is 139 Å². The lowest BCUT2D eigenvalue weighted by molar-refractivity contribution is -0.514. The molecule has 0 saturated carbocycles. The number of aromatic nitrogens is 1. The molecule has 8 nitrogen and oxygen atoms in total. The zero-order chi connectivity index (χ0) is 17.4. The van der Waals surface area contributed by atoms with Crippen LogP contribution in [0.5, 0.6) is 0 Å². The molecule has 7 N–H and O–H groups in total. The number of aliphatic hydroxyl groups is 1. The number of fused-ring (bicyclic) bond motifs is 2. The largest absolute Gasteiger partial charge is 0.400 e. The second-order valence-corrected chi connectivity index (χ2v) is 6.53. The van der Waals surface area contributed by atoms with Crippen molar-refractivity contribution < 1.29 is 10.4 Å². The van der Waals surface area contributed by atoms with Gasteiger partial charge in [0.1, 0.15) is 21.7 Å². The van der Waals surface area contributed by atoms with Gasteiger partial charge in [-0.1, -0.05) is 6.58 Å². The van der Waals surface area contributed by atoms with Crippen molar-refractivity contribution >= 4 is 40.9 Å². The third-order valence-electron chi connectivity index (χ3n) is 3.65. The van der Waals surface area contributed by atoms with Crippen molar-refractivity contribution in [2.24, 2.45) is 10.8 Å². The molecule has 0 amide bonds. The van der Waals surface area contributed by atoms with Gasteiger partial charge in [0.15, 0.2) is 5.70 Å². The Morgan fingerprint density at radius 2 is 2.38 bits per heavy atom. The first-order valence-electron chi connectivity index (χ1n) is 7.21. The first-order valence-corrected chi connectivity index (χ1v) is 8.03. The maximum Gasteiger partial charge on any atom is 0.249 e. The summed E-state index contributed by atoms with van der Waals surface area (Å²) in [4.78, 5) is 5.37. The number of nitrogens with one attached hydrogen (secondary N) is 2. The molecule has 0 saturated heterocycles. The molecule has 0 radical (unpaired) electrons. The highest BCUT2D eigenvalue weighted by Gasteiger charge is 2.36. The van der Waals surface area contributed by atoms with Crippen LogP contribution in [0.1, 0.15) is 22.9 Å². The maximum absolute atomic E-state index is 10.2. The number of hydrogen-bond donors (Lipinski definition) is 5. The minimum Gasteiger partial charge on any atom is -0.400 e. The fourth-order valence-corrected chi connectivity index (χ4v) is 3.57. The Kier molecular flexibility index (Phi) is 4.14. The molecule has 0 bridgehead atoms. The molecule has 1 aromatic heterocycles. The summed E-state index contributed by atoms with van der Waals surface area (Å²) in [7, 11) is 0. The zero-order valence-corrected chi connectivity index (χ0v) is 13.9. The SMILES string of the molecule is C=C1C2=C(C=NN1CC(C)=N)c1sc(C(O)C(N)=CC=N)nc1[NH2+]2. The lowest BCUT2D eigenvalue weighted by atomic mass is 10.1. The summed E-state index contributed by atoms with van der Waals surface area (Å²) >= 11 is 1.35. The molecule has 9 heteroatoms. The van der Waals surface area contributed by atoms with E-state index >= 15 is 0 Å². The fraction of sp³-hybridized carbons (Fsp3) is 0.200. The molecule has 124 valence electrons. The van der Waals surface area contributed by atoms with E-state index in [0.29, 0.717) is 17.3 Å². The molecule has 1 atom stereocenters. The molecule has 3 heterocycles. The first kappa shape index (κ1) is 16.2. The highest BCUT2D eigenvalue weighted by Crippen LogP contribution is 2.38. The summed E-state index contributed by atoms with van der Waals surface area (Å²) in [5.41, 5.74) is 9.00. The smallest absolute Gasteiger partial charge is 0.249 e. The van der Waals surface area contributed by atoms with Crippen molar-refractivity contribution in [2.45, 2.75) is 13.0 Å². The Morgan fingerprint density at radius 1 is 1.62 bits per heavy atom. The predicted octanol–water partition coefficient (Wildman–Crippen LogP) is 0.443. The fourth-order valence-electron chi connectivity index (χ4n) is 2.49. The maximum atomic E-state index is 10.2. The molecule has 0 spiro atoms. The molecular weight excluding hydrogens is 326 g/mol. The number of nitrogens with two attached hydrogens (primary N) is 2. The minimum atomic E-state index is -1.03. The summed E-state index contributed by atoms with van der Waals surface area (Å²) in [6.07, 6.45) is 3.08. The number of hydrogen-bond acceptors (Lipinski definition) is 8.